The molecule has 0 radical (unpaired) electrons. The SMILES string of the molecule is Cc1csc(Cc2nc(C)c(CNC(C)(C)C)s2)n1. The third-order valence-electron chi connectivity index (χ3n) is 2.69. The molecule has 2 heterocycles. The van der Waals surface area contributed by atoms with Crippen LogP contribution in [0.5, 0.6) is 0 Å². The van der Waals surface area contributed by atoms with Gasteiger partial charge in [0.2, 0.25) is 0 Å². The molecule has 3 nitrogen and oxygen atoms in total. The Morgan fingerprint density at radius 3 is 2.47 bits per heavy atom. The van der Waals surface area contributed by atoms with Crippen LogP contribution in [-0.2, 0) is 13.0 Å². The summed E-state index contributed by atoms with van der Waals surface area (Å²) >= 11 is 3.51. The maximum Gasteiger partial charge on any atom is 0.0999 e. The van der Waals surface area contributed by atoms with E-state index in [0.29, 0.717) is 0 Å². The molecular formula is C14H21N3S2. The molecule has 0 aliphatic carbocycles. The highest BCUT2D eigenvalue weighted by Gasteiger charge is 2.13. The third kappa shape index (κ3) is 4.37. The summed E-state index contributed by atoms with van der Waals surface area (Å²) in [5.41, 5.74) is 2.39. The zero-order valence-corrected chi connectivity index (χ0v) is 13.8. The summed E-state index contributed by atoms with van der Waals surface area (Å²) in [4.78, 5) is 10.5. The van der Waals surface area contributed by atoms with Crippen molar-refractivity contribution in [1.82, 2.24) is 15.3 Å². The number of thiazole rings is 2. The van der Waals surface area contributed by atoms with E-state index in [1.165, 1.54) is 4.88 Å². The molecule has 0 aliphatic heterocycles. The Hall–Kier alpha value is -0.780. The maximum atomic E-state index is 4.66. The molecule has 0 saturated heterocycles. The zero-order chi connectivity index (χ0) is 14.0. The van der Waals surface area contributed by atoms with Crippen molar-refractivity contribution in [2.75, 3.05) is 0 Å². The third-order valence-corrected chi connectivity index (χ3v) is 4.81. The molecule has 2 rings (SSSR count). The van der Waals surface area contributed by atoms with Gasteiger partial charge < -0.3 is 5.32 Å². The van der Waals surface area contributed by atoms with Crippen molar-refractivity contribution < 1.29 is 0 Å². The highest BCUT2D eigenvalue weighted by Crippen LogP contribution is 2.22. The van der Waals surface area contributed by atoms with E-state index in [-0.39, 0.29) is 5.54 Å². The van der Waals surface area contributed by atoms with Crippen LogP contribution in [0.25, 0.3) is 0 Å². The first-order valence-electron chi connectivity index (χ1n) is 6.45. The van der Waals surface area contributed by atoms with Crippen LogP contribution in [0.4, 0.5) is 0 Å². The molecule has 2 aromatic heterocycles. The van der Waals surface area contributed by atoms with Crippen LogP contribution in [0, 0.1) is 13.8 Å². The highest BCUT2D eigenvalue weighted by atomic mass is 32.1. The minimum atomic E-state index is 0.142. The van der Waals surface area contributed by atoms with E-state index in [1.54, 1.807) is 22.7 Å². The van der Waals surface area contributed by atoms with E-state index in [4.69, 9.17) is 0 Å². The molecule has 0 saturated carbocycles. The summed E-state index contributed by atoms with van der Waals surface area (Å²) in [5, 5.41) is 7.93. The van der Waals surface area contributed by atoms with E-state index in [2.05, 4.69) is 48.4 Å². The first-order chi connectivity index (χ1) is 8.83. The number of hydrogen-bond donors (Lipinski definition) is 1. The lowest BCUT2D eigenvalue weighted by atomic mass is 10.1. The lowest BCUT2D eigenvalue weighted by Gasteiger charge is -2.19. The molecule has 2 aromatic rings. The van der Waals surface area contributed by atoms with Crippen molar-refractivity contribution in [2.45, 2.75) is 53.1 Å². The van der Waals surface area contributed by atoms with Gasteiger partial charge in [0, 0.05) is 28.0 Å². The monoisotopic (exact) mass is 295 g/mol. The molecule has 0 aromatic carbocycles. The van der Waals surface area contributed by atoms with Crippen LogP contribution in [0.15, 0.2) is 5.38 Å². The van der Waals surface area contributed by atoms with Crippen molar-refractivity contribution in [3.05, 3.63) is 31.7 Å². The first kappa shape index (κ1) is 14.6. The average molecular weight is 295 g/mol. The van der Waals surface area contributed by atoms with Crippen LogP contribution in [0.3, 0.4) is 0 Å². The summed E-state index contributed by atoms with van der Waals surface area (Å²) in [6.07, 6.45) is 0.861. The Labute approximate surface area is 123 Å². The smallest absolute Gasteiger partial charge is 0.0999 e. The van der Waals surface area contributed by atoms with Gasteiger partial charge in [0.05, 0.1) is 22.1 Å². The van der Waals surface area contributed by atoms with Gasteiger partial charge in [-0.1, -0.05) is 0 Å². The van der Waals surface area contributed by atoms with E-state index in [0.717, 1.165) is 34.4 Å². The number of nitrogens with zero attached hydrogens (tertiary/aromatic N) is 2. The Kier molecular flexibility index (Phi) is 4.38. The largest absolute Gasteiger partial charge is 0.307 e. The van der Waals surface area contributed by atoms with Crippen molar-refractivity contribution >= 4 is 22.7 Å². The molecule has 0 atom stereocenters. The van der Waals surface area contributed by atoms with Crippen LogP contribution in [0.2, 0.25) is 0 Å². The number of aromatic nitrogens is 2. The minimum Gasteiger partial charge on any atom is -0.307 e. The molecule has 0 unspecified atom stereocenters. The second-order valence-corrected chi connectivity index (χ2v) is 7.89. The summed E-state index contributed by atoms with van der Waals surface area (Å²) in [6, 6.07) is 0. The molecule has 0 amide bonds. The van der Waals surface area contributed by atoms with Crippen molar-refractivity contribution in [2.24, 2.45) is 0 Å². The highest BCUT2D eigenvalue weighted by molar-refractivity contribution is 7.12. The predicted molar refractivity (Wildman–Crippen MR) is 83.1 cm³/mol. The Morgan fingerprint density at radius 1 is 1.16 bits per heavy atom. The van der Waals surface area contributed by atoms with Crippen LogP contribution >= 0.6 is 22.7 Å². The summed E-state index contributed by atoms with van der Waals surface area (Å²) < 4.78 is 0. The molecular weight excluding hydrogens is 274 g/mol. The standard InChI is InChI=1S/C14H21N3S2/c1-9-8-18-12(16-9)6-13-17-10(2)11(19-13)7-15-14(3,4)5/h8,15H,6-7H2,1-5H3. The van der Waals surface area contributed by atoms with Crippen LogP contribution < -0.4 is 5.32 Å². The summed E-state index contributed by atoms with van der Waals surface area (Å²) in [7, 11) is 0. The molecule has 104 valence electrons. The fourth-order valence-electron chi connectivity index (χ4n) is 1.69. The van der Waals surface area contributed by atoms with E-state index < -0.39 is 0 Å². The topological polar surface area (TPSA) is 37.8 Å². The normalized spacial score (nSPS) is 12.1. The fraction of sp³-hybridized carbons (Fsp3) is 0.571. The number of hydrogen-bond acceptors (Lipinski definition) is 5. The summed E-state index contributed by atoms with van der Waals surface area (Å²) in [6.45, 7) is 11.6. The lowest BCUT2D eigenvalue weighted by Crippen LogP contribution is -2.34. The molecule has 5 heteroatoms. The van der Waals surface area contributed by atoms with Gasteiger partial charge in [-0.3, -0.25) is 0 Å². The molecule has 0 fully saturated rings. The van der Waals surface area contributed by atoms with E-state index in [1.807, 2.05) is 6.92 Å². The summed E-state index contributed by atoms with van der Waals surface area (Å²) in [5.74, 6) is 0. The number of nitrogens with one attached hydrogen (secondary N) is 1. The quantitative estimate of drug-likeness (QED) is 0.934. The second kappa shape index (κ2) is 5.69. The van der Waals surface area contributed by atoms with E-state index >= 15 is 0 Å². The van der Waals surface area contributed by atoms with Gasteiger partial charge in [-0.05, 0) is 34.6 Å². The maximum absolute atomic E-state index is 4.66. The Balaban J connectivity index is 2.04. The van der Waals surface area contributed by atoms with Crippen molar-refractivity contribution in [3.8, 4) is 0 Å². The average Bonchev–Trinajstić information content (AvgIpc) is 2.82. The van der Waals surface area contributed by atoms with Gasteiger partial charge >= 0.3 is 0 Å². The van der Waals surface area contributed by atoms with Gasteiger partial charge in [-0.15, -0.1) is 22.7 Å². The van der Waals surface area contributed by atoms with Crippen LogP contribution in [-0.4, -0.2) is 15.5 Å². The number of aryl methyl sites for hydroxylation is 2. The van der Waals surface area contributed by atoms with Gasteiger partial charge in [0.1, 0.15) is 0 Å². The Bertz CT molecular complexity index is 549. The fourth-order valence-corrected chi connectivity index (χ4v) is 3.57. The molecule has 1 N–H and O–H groups in total. The molecule has 0 aliphatic rings. The lowest BCUT2D eigenvalue weighted by molar-refractivity contribution is 0.425. The Morgan fingerprint density at radius 2 is 1.89 bits per heavy atom. The van der Waals surface area contributed by atoms with Crippen LogP contribution in [0.1, 0.15) is 47.1 Å². The van der Waals surface area contributed by atoms with Crippen molar-refractivity contribution in [1.29, 1.82) is 0 Å². The van der Waals surface area contributed by atoms with Gasteiger partial charge in [-0.25, -0.2) is 9.97 Å². The van der Waals surface area contributed by atoms with Gasteiger partial charge in [0.25, 0.3) is 0 Å². The predicted octanol–water partition coefficient (Wildman–Crippen LogP) is 3.70. The van der Waals surface area contributed by atoms with E-state index in [9.17, 15) is 0 Å². The van der Waals surface area contributed by atoms with Gasteiger partial charge in [0.15, 0.2) is 0 Å². The molecule has 19 heavy (non-hydrogen) atoms. The molecule has 0 spiro atoms. The number of rotatable bonds is 4. The second-order valence-electron chi connectivity index (χ2n) is 5.78. The van der Waals surface area contributed by atoms with Gasteiger partial charge in [-0.2, -0.15) is 0 Å². The molecule has 0 bridgehead atoms. The first-order valence-corrected chi connectivity index (χ1v) is 8.14. The zero-order valence-electron chi connectivity index (χ0n) is 12.2. The minimum absolute atomic E-state index is 0.142. The van der Waals surface area contributed by atoms with Crippen molar-refractivity contribution in [3.63, 3.8) is 0 Å².